The zero-order valence-electron chi connectivity index (χ0n) is 12.8. The second-order valence-corrected chi connectivity index (χ2v) is 6.86. The van der Waals surface area contributed by atoms with E-state index in [0.717, 1.165) is 17.1 Å². The summed E-state index contributed by atoms with van der Waals surface area (Å²) in [6.07, 6.45) is -0.135. The highest BCUT2D eigenvalue weighted by atomic mass is 32.2. The topological polar surface area (TPSA) is 81.7 Å². The normalized spacial score (nSPS) is 23.7. The Balaban J connectivity index is 1.51. The number of aliphatic hydroxyl groups excluding tert-OH is 1. The van der Waals surface area contributed by atoms with Crippen LogP contribution in [0.3, 0.4) is 0 Å². The van der Waals surface area contributed by atoms with Crippen LogP contribution in [0.2, 0.25) is 0 Å². The number of thioether (sulfide) groups is 1. The fourth-order valence-electron chi connectivity index (χ4n) is 2.87. The van der Waals surface area contributed by atoms with Crippen LogP contribution in [0.15, 0.2) is 29.2 Å². The van der Waals surface area contributed by atoms with Crippen molar-refractivity contribution >= 4 is 29.3 Å². The molecule has 0 spiro atoms. The molecule has 2 unspecified atom stereocenters. The van der Waals surface area contributed by atoms with Gasteiger partial charge in [-0.25, -0.2) is 0 Å². The predicted molar refractivity (Wildman–Crippen MR) is 89.5 cm³/mol. The number of hydrogen-bond acceptors (Lipinski definition) is 5. The highest BCUT2D eigenvalue weighted by Crippen LogP contribution is 2.34. The molecule has 2 amide bonds. The highest BCUT2D eigenvalue weighted by molar-refractivity contribution is 8.00. The van der Waals surface area contributed by atoms with Crippen molar-refractivity contribution in [1.29, 1.82) is 0 Å². The van der Waals surface area contributed by atoms with Gasteiger partial charge in [-0.3, -0.25) is 9.59 Å². The Morgan fingerprint density at radius 1 is 1.39 bits per heavy atom. The number of para-hydroxylation sites is 1. The largest absolute Gasteiger partial charge is 0.391 e. The van der Waals surface area contributed by atoms with Crippen molar-refractivity contribution in [2.45, 2.75) is 17.4 Å². The van der Waals surface area contributed by atoms with E-state index < -0.39 is 6.10 Å². The molecule has 1 aromatic rings. The quantitative estimate of drug-likeness (QED) is 0.717. The molecule has 0 aromatic heterocycles. The van der Waals surface area contributed by atoms with Gasteiger partial charge in [-0.15, -0.1) is 11.8 Å². The number of nitrogens with one attached hydrogen (secondary N) is 2. The minimum Gasteiger partial charge on any atom is -0.391 e. The first-order chi connectivity index (χ1) is 11.1. The second-order valence-electron chi connectivity index (χ2n) is 5.84. The van der Waals surface area contributed by atoms with Gasteiger partial charge in [-0.2, -0.15) is 0 Å². The summed E-state index contributed by atoms with van der Waals surface area (Å²) in [5.74, 6) is 0.427. The molecule has 3 N–H and O–H groups in total. The van der Waals surface area contributed by atoms with E-state index in [1.54, 1.807) is 4.90 Å². The number of nitrogens with zero attached hydrogens (tertiary/aromatic N) is 1. The SMILES string of the molecule is O=C(CCN1C(=O)CSc2ccccc21)NCC1CNCC1O. The summed E-state index contributed by atoms with van der Waals surface area (Å²) in [6.45, 7) is 2.15. The number of aliphatic hydroxyl groups is 1. The van der Waals surface area contributed by atoms with Crippen molar-refractivity contribution in [3.8, 4) is 0 Å². The van der Waals surface area contributed by atoms with Gasteiger partial charge in [0.25, 0.3) is 0 Å². The Morgan fingerprint density at radius 3 is 3.00 bits per heavy atom. The number of amides is 2. The third-order valence-electron chi connectivity index (χ3n) is 4.24. The van der Waals surface area contributed by atoms with Crippen molar-refractivity contribution in [2.24, 2.45) is 5.92 Å². The van der Waals surface area contributed by atoms with Crippen LogP contribution in [0, 0.1) is 5.92 Å². The van der Waals surface area contributed by atoms with E-state index in [0.29, 0.717) is 25.4 Å². The maximum Gasteiger partial charge on any atom is 0.237 e. The molecule has 1 aromatic carbocycles. The maximum atomic E-state index is 12.1. The van der Waals surface area contributed by atoms with E-state index in [1.807, 2.05) is 24.3 Å². The minimum absolute atomic E-state index is 0.0388. The zero-order valence-corrected chi connectivity index (χ0v) is 13.6. The molecule has 1 fully saturated rings. The van der Waals surface area contributed by atoms with Gasteiger partial charge in [-0.1, -0.05) is 12.1 Å². The Hall–Kier alpha value is -1.57. The van der Waals surface area contributed by atoms with Gasteiger partial charge in [0.2, 0.25) is 11.8 Å². The molecule has 0 radical (unpaired) electrons. The molecule has 124 valence electrons. The van der Waals surface area contributed by atoms with Crippen molar-refractivity contribution in [3.63, 3.8) is 0 Å². The van der Waals surface area contributed by atoms with Gasteiger partial charge in [0.1, 0.15) is 0 Å². The fourth-order valence-corrected chi connectivity index (χ4v) is 3.81. The molecule has 0 aliphatic carbocycles. The van der Waals surface area contributed by atoms with Crippen LogP contribution in [0.4, 0.5) is 5.69 Å². The number of benzene rings is 1. The van der Waals surface area contributed by atoms with Crippen molar-refractivity contribution in [2.75, 3.05) is 36.8 Å². The molecule has 2 aliphatic heterocycles. The predicted octanol–water partition coefficient (Wildman–Crippen LogP) is 0.212. The van der Waals surface area contributed by atoms with Gasteiger partial charge in [0, 0.05) is 43.4 Å². The Morgan fingerprint density at radius 2 is 2.22 bits per heavy atom. The summed E-state index contributed by atoms with van der Waals surface area (Å²) in [4.78, 5) is 26.9. The van der Waals surface area contributed by atoms with E-state index in [2.05, 4.69) is 10.6 Å². The number of β-amino-alcohol motifs (C(OH)–C–C–N with tert-alkyl or cyclic N) is 1. The summed E-state index contributed by atoms with van der Waals surface area (Å²) in [5.41, 5.74) is 0.886. The zero-order chi connectivity index (χ0) is 16.2. The van der Waals surface area contributed by atoms with Crippen LogP contribution in [-0.4, -0.2) is 55.0 Å². The number of hydrogen-bond donors (Lipinski definition) is 3. The second kappa shape index (κ2) is 7.33. The molecular formula is C16H21N3O3S. The lowest BCUT2D eigenvalue weighted by atomic mass is 10.1. The first-order valence-electron chi connectivity index (χ1n) is 7.83. The Bertz CT molecular complexity index is 596. The monoisotopic (exact) mass is 335 g/mol. The molecule has 0 saturated carbocycles. The van der Waals surface area contributed by atoms with Gasteiger partial charge >= 0.3 is 0 Å². The summed E-state index contributed by atoms with van der Waals surface area (Å²) in [5, 5.41) is 15.7. The molecule has 6 nitrogen and oxygen atoms in total. The van der Waals surface area contributed by atoms with Crippen LogP contribution in [0.25, 0.3) is 0 Å². The number of anilines is 1. The van der Waals surface area contributed by atoms with Crippen LogP contribution in [0.1, 0.15) is 6.42 Å². The molecule has 2 aliphatic rings. The van der Waals surface area contributed by atoms with E-state index in [-0.39, 0.29) is 24.2 Å². The first kappa shape index (κ1) is 16.3. The molecular weight excluding hydrogens is 314 g/mol. The van der Waals surface area contributed by atoms with E-state index in [9.17, 15) is 14.7 Å². The lowest BCUT2D eigenvalue weighted by molar-refractivity contribution is -0.121. The minimum atomic E-state index is -0.400. The molecule has 2 heterocycles. The molecule has 2 atom stereocenters. The summed E-state index contributed by atoms with van der Waals surface area (Å²) < 4.78 is 0. The van der Waals surface area contributed by atoms with Gasteiger partial charge in [0.15, 0.2) is 0 Å². The first-order valence-corrected chi connectivity index (χ1v) is 8.81. The molecule has 7 heteroatoms. The lowest BCUT2D eigenvalue weighted by Crippen LogP contribution is -2.40. The Kier molecular flexibility index (Phi) is 5.20. The van der Waals surface area contributed by atoms with E-state index in [4.69, 9.17) is 0 Å². The van der Waals surface area contributed by atoms with Gasteiger partial charge in [-0.05, 0) is 12.1 Å². The van der Waals surface area contributed by atoms with Gasteiger partial charge in [0.05, 0.1) is 17.5 Å². The van der Waals surface area contributed by atoms with Crippen molar-refractivity contribution in [1.82, 2.24) is 10.6 Å². The number of fused-ring (bicyclic) bond motifs is 1. The maximum absolute atomic E-state index is 12.1. The average molecular weight is 335 g/mol. The molecule has 0 bridgehead atoms. The summed E-state index contributed by atoms with van der Waals surface area (Å²) in [7, 11) is 0. The third-order valence-corrected chi connectivity index (χ3v) is 5.28. The average Bonchev–Trinajstić information content (AvgIpc) is 2.97. The number of carbonyl (C=O) groups excluding carboxylic acids is 2. The van der Waals surface area contributed by atoms with Crippen LogP contribution in [-0.2, 0) is 9.59 Å². The molecule has 1 saturated heterocycles. The van der Waals surface area contributed by atoms with E-state index in [1.165, 1.54) is 11.8 Å². The third kappa shape index (κ3) is 3.85. The van der Waals surface area contributed by atoms with Crippen LogP contribution < -0.4 is 15.5 Å². The number of carbonyl (C=O) groups is 2. The fraction of sp³-hybridized carbons (Fsp3) is 0.500. The van der Waals surface area contributed by atoms with Crippen molar-refractivity contribution in [3.05, 3.63) is 24.3 Å². The lowest BCUT2D eigenvalue weighted by Gasteiger charge is -2.28. The van der Waals surface area contributed by atoms with E-state index >= 15 is 0 Å². The summed E-state index contributed by atoms with van der Waals surface area (Å²) in [6, 6.07) is 7.76. The molecule has 3 rings (SSSR count). The highest BCUT2D eigenvalue weighted by Gasteiger charge is 2.26. The standard InChI is InChI=1S/C16H21N3O3S/c20-13-9-17-7-11(13)8-18-15(21)5-6-19-12-3-1-2-4-14(12)23-10-16(19)22/h1-4,11,13,17,20H,5-10H2,(H,18,21). The summed E-state index contributed by atoms with van der Waals surface area (Å²) >= 11 is 1.54. The van der Waals surface area contributed by atoms with Crippen molar-refractivity contribution < 1.29 is 14.7 Å². The number of rotatable bonds is 5. The van der Waals surface area contributed by atoms with Crippen LogP contribution >= 0.6 is 11.8 Å². The molecule has 23 heavy (non-hydrogen) atoms. The Labute approximate surface area is 139 Å². The van der Waals surface area contributed by atoms with Gasteiger partial charge < -0.3 is 20.6 Å². The smallest absolute Gasteiger partial charge is 0.237 e. The van der Waals surface area contributed by atoms with Crippen LogP contribution in [0.5, 0.6) is 0 Å².